The van der Waals surface area contributed by atoms with Gasteiger partial charge in [-0.15, -0.1) is 0 Å². The zero-order valence-corrected chi connectivity index (χ0v) is 8.67. The van der Waals surface area contributed by atoms with Gasteiger partial charge in [0.2, 0.25) is 0 Å². The van der Waals surface area contributed by atoms with Crippen LogP contribution in [0.4, 0.5) is 4.39 Å². The highest BCUT2D eigenvalue weighted by Crippen LogP contribution is 2.15. The summed E-state index contributed by atoms with van der Waals surface area (Å²) in [4.78, 5) is 0. The van der Waals surface area contributed by atoms with Crippen LogP contribution in [-0.4, -0.2) is 17.2 Å². The molecule has 0 aliphatic heterocycles. The molecule has 1 aromatic carbocycles. The Hall–Kier alpha value is 0.155. The van der Waals surface area contributed by atoms with Crippen LogP contribution in [0.15, 0.2) is 12.1 Å². The maximum Gasteiger partial charge on any atom is 0.489 e. The van der Waals surface area contributed by atoms with Crippen LogP contribution in [0.5, 0.6) is 0 Å². The smallest absolute Gasteiger partial charge is 0.423 e. The Bertz CT molecular complexity index is 308. The lowest BCUT2D eigenvalue weighted by Crippen LogP contribution is -2.32. The lowest BCUT2D eigenvalue weighted by atomic mass is 9.80. The van der Waals surface area contributed by atoms with Crippen molar-refractivity contribution in [2.24, 2.45) is 0 Å². The predicted octanol–water partition coefficient (Wildman–Crippen LogP) is 0.763. The second kappa shape index (κ2) is 3.91. The first-order valence-electron chi connectivity index (χ1n) is 3.03. The Balaban J connectivity index is 3.23. The van der Waals surface area contributed by atoms with Crippen LogP contribution in [0.2, 0.25) is 5.02 Å². The Morgan fingerprint density at radius 1 is 1.42 bits per heavy atom. The van der Waals surface area contributed by atoms with Crippen molar-refractivity contribution in [3.63, 3.8) is 0 Å². The van der Waals surface area contributed by atoms with Crippen molar-refractivity contribution < 1.29 is 14.4 Å². The summed E-state index contributed by atoms with van der Waals surface area (Å²) in [6, 6.07) is 2.35. The maximum absolute atomic E-state index is 12.7. The van der Waals surface area contributed by atoms with Crippen LogP contribution < -0.4 is 5.46 Å². The topological polar surface area (TPSA) is 40.5 Å². The summed E-state index contributed by atoms with van der Waals surface area (Å²) >= 11 is 7.23. The number of hydrogen-bond donors (Lipinski definition) is 2. The summed E-state index contributed by atoms with van der Waals surface area (Å²) in [6.45, 7) is 0. The molecule has 0 atom stereocenters. The molecule has 0 unspecified atom stereocenters. The van der Waals surface area contributed by atoms with Gasteiger partial charge in [0.25, 0.3) is 0 Å². The van der Waals surface area contributed by atoms with E-state index in [0.29, 0.717) is 3.57 Å². The molecule has 0 aliphatic carbocycles. The summed E-state index contributed by atoms with van der Waals surface area (Å²) in [6.07, 6.45) is 0. The third-order valence-corrected chi connectivity index (χ3v) is 2.54. The fraction of sp³-hybridized carbons (Fsp3) is 0. The summed E-state index contributed by atoms with van der Waals surface area (Å²) in [5, 5.41) is 17.5. The van der Waals surface area contributed by atoms with Crippen molar-refractivity contribution in [1.29, 1.82) is 0 Å². The van der Waals surface area contributed by atoms with Crippen LogP contribution in [0.25, 0.3) is 0 Å². The Labute approximate surface area is 87.6 Å². The molecular formula is C6H4BClFIO2. The lowest BCUT2D eigenvalue weighted by Gasteiger charge is -2.03. The number of rotatable bonds is 1. The number of hydrogen-bond acceptors (Lipinski definition) is 2. The van der Waals surface area contributed by atoms with Gasteiger partial charge in [-0.1, -0.05) is 11.6 Å². The van der Waals surface area contributed by atoms with Gasteiger partial charge in [0, 0.05) is 3.57 Å². The van der Waals surface area contributed by atoms with E-state index in [0.717, 1.165) is 6.07 Å². The summed E-state index contributed by atoms with van der Waals surface area (Å²) in [7, 11) is -1.62. The molecule has 2 N–H and O–H groups in total. The molecule has 2 nitrogen and oxygen atoms in total. The van der Waals surface area contributed by atoms with Crippen molar-refractivity contribution >= 4 is 46.8 Å². The van der Waals surface area contributed by atoms with Crippen molar-refractivity contribution in [2.45, 2.75) is 0 Å². The molecule has 12 heavy (non-hydrogen) atoms. The van der Waals surface area contributed by atoms with E-state index in [-0.39, 0.29) is 10.5 Å². The van der Waals surface area contributed by atoms with Crippen molar-refractivity contribution in [1.82, 2.24) is 0 Å². The molecule has 0 amide bonds. The molecule has 0 aromatic heterocycles. The minimum absolute atomic E-state index is 0.112. The van der Waals surface area contributed by atoms with Crippen LogP contribution in [0.3, 0.4) is 0 Å². The zero-order chi connectivity index (χ0) is 9.30. The highest BCUT2D eigenvalue weighted by Gasteiger charge is 2.16. The largest absolute Gasteiger partial charge is 0.489 e. The van der Waals surface area contributed by atoms with Crippen LogP contribution >= 0.6 is 34.2 Å². The summed E-state index contributed by atoms with van der Waals surface area (Å²) in [5.41, 5.74) is 0.210. The van der Waals surface area contributed by atoms with Crippen LogP contribution in [-0.2, 0) is 0 Å². The molecule has 0 saturated carbocycles. The van der Waals surface area contributed by atoms with E-state index in [1.54, 1.807) is 22.6 Å². The van der Waals surface area contributed by atoms with Crippen LogP contribution in [0.1, 0.15) is 0 Å². The average molecular weight is 300 g/mol. The average Bonchev–Trinajstić information content (AvgIpc) is 1.96. The molecule has 1 rings (SSSR count). The monoisotopic (exact) mass is 300 g/mol. The van der Waals surface area contributed by atoms with Crippen molar-refractivity contribution in [3.8, 4) is 0 Å². The van der Waals surface area contributed by atoms with E-state index < -0.39 is 12.9 Å². The zero-order valence-electron chi connectivity index (χ0n) is 5.76. The van der Waals surface area contributed by atoms with E-state index in [1.807, 2.05) is 0 Å². The molecule has 1 aromatic rings. The summed E-state index contributed by atoms with van der Waals surface area (Å²) in [5.74, 6) is -0.564. The minimum atomic E-state index is -1.62. The third kappa shape index (κ3) is 2.10. The molecular weight excluding hydrogens is 296 g/mol. The van der Waals surface area contributed by atoms with E-state index in [1.165, 1.54) is 6.07 Å². The molecule has 0 fully saturated rings. The molecule has 0 saturated heterocycles. The first-order chi connectivity index (χ1) is 5.52. The fourth-order valence-corrected chi connectivity index (χ4v) is 1.62. The Morgan fingerprint density at radius 2 is 2.00 bits per heavy atom. The first kappa shape index (κ1) is 10.2. The number of halogens is 3. The molecule has 64 valence electrons. The molecule has 0 aliphatic rings. The van der Waals surface area contributed by atoms with Gasteiger partial charge in [0.05, 0.1) is 5.02 Å². The first-order valence-corrected chi connectivity index (χ1v) is 4.48. The molecule has 0 radical (unpaired) electrons. The summed E-state index contributed by atoms with van der Waals surface area (Å²) < 4.78 is 13.2. The Kier molecular flexibility index (Phi) is 3.33. The quantitative estimate of drug-likeness (QED) is 0.457. The molecule has 0 spiro atoms. The standard InChI is InChI=1S/C6H4BClFIO2/c8-4-1-3(7(11)12)6(10)2-5(4)9/h1-2,11-12H. The predicted molar refractivity (Wildman–Crippen MR) is 54.0 cm³/mol. The van der Waals surface area contributed by atoms with Gasteiger partial charge in [0.1, 0.15) is 5.82 Å². The molecule has 0 heterocycles. The Morgan fingerprint density at radius 3 is 2.50 bits per heavy atom. The third-order valence-electron chi connectivity index (χ3n) is 1.32. The van der Waals surface area contributed by atoms with Gasteiger partial charge in [-0.05, 0) is 40.2 Å². The second-order valence-corrected chi connectivity index (χ2v) is 3.73. The highest BCUT2D eigenvalue weighted by atomic mass is 127. The van der Waals surface area contributed by atoms with Gasteiger partial charge in [-0.25, -0.2) is 4.39 Å². The van der Waals surface area contributed by atoms with E-state index in [9.17, 15) is 4.39 Å². The molecule has 6 heteroatoms. The lowest BCUT2D eigenvalue weighted by molar-refractivity contribution is 0.425. The fourth-order valence-electron chi connectivity index (χ4n) is 0.736. The number of benzene rings is 1. The van der Waals surface area contributed by atoms with Gasteiger partial charge in [0.15, 0.2) is 0 Å². The molecule has 0 bridgehead atoms. The van der Waals surface area contributed by atoms with Crippen molar-refractivity contribution in [2.75, 3.05) is 0 Å². The van der Waals surface area contributed by atoms with Gasteiger partial charge in [-0.3, -0.25) is 0 Å². The van der Waals surface area contributed by atoms with Crippen LogP contribution in [0, 0.1) is 9.39 Å². The SMILES string of the molecule is OB(O)c1cc(Cl)c(F)cc1I. The van der Waals surface area contributed by atoms with Gasteiger partial charge >= 0.3 is 7.12 Å². The van der Waals surface area contributed by atoms with Crippen molar-refractivity contribution in [3.05, 3.63) is 26.5 Å². The normalized spacial score (nSPS) is 10.1. The highest BCUT2D eigenvalue weighted by molar-refractivity contribution is 14.1. The van der Waals surface area contributed by atoms with E-state index in [4.69, 9.17) is 21.6 Å². The van der Waals surface area contributed by atoms with E-state index >= 15 is 0 Å². The van der Waals surface area contributed by atoms with Gasteiger partial charge in [-0.2, -0.15) is 0 Å². The van der Waals surface area contributed by atoms with Gasteiger partial charge < -0.3 is 10.0 Å². The minimum Gasteiger partial charge on any atom is -0.423 e. The maximum atomic E-state index is 12.7. The van der Waals surface area contributed by atoms with E-state index in [2.05, 4.69) is 0 Å². The second-order valence-electron chi connectivity index (χ2n) is 2.16.